The van der Waals surface area contributed by atoms with Gasteiger partial charge in [-0.05, 0) is 17.7 Å². The van der Waals surface area contributed by atoms with Crippen molar-refractivity contribution in [3.8, 4) is 0 Å². The lowest BCUT2D eigenvalue weighted by Gasteiger charge is -2.03. The van der Waals surface area contributed by atoms with Gasteiger partial charge in [0.05, 0.1) is 15.5 Å². The molecule has 3 rings (SSSR count). The van der Waals surface area contributed by atoms with Gasteiger partial charge in [-0.25, -0.2) is 4.98 Å². The molecule has 126 valence electrons. The van der Waals surface area contributed by atoms with E-state index in [-0.39, 0.29) is 11.6 Å². The third kappa shape index (κ3) is 4.20. The quantitative estimate of drug-likeness (QED) is 0.525. The summed E-state index contributed by atoms with van der Waals surface area (Å²) < 4.78 is 0. The molecule has 1 aromatic heterocycles. The molecule has 0 aliphatic heterocycles. The number of hydrogen-bond donors (Lipinski definition) is 1. The lowest BCUT2D eigenvalue weighted by Crippen LogP contribution is -2.11. The lowest BCUT2D eigenvalue weighted by atomic mass is 10.1. The summed E-state index contributed by atoms with van der Waals surface area (Å²) in [6.07, 6.45) is 2.15. The number of nitro groups is 1. The second-order valence-electron chi connectivity index (χ2n) is 5.17. The Morgan fingerprint density at radius 3 is 2.80 bits per heavy atom. The average molecular weight is 374 g/mol. The van der Waals surface area contributed by atoms with Gasteiger partial charge in [-0.3, -0.25) is 20.2 Å². The molecule has 6 nitrogen and oxygen atoms in total. The Morgan fingerprint density at radius 1 is 1.24 bits per heavy atom. The van der Waals surface area contributed by atoms with E-state index >= 15 is 0 Å². The number of amides is 1. The normalized spacial score (nSPS) is 10.4. The first-order valence-corrected chi connectivity index (χ1v) is 8.46. The largest absolute Gasteiger partial charge is 0.298 e. The maximum atomic E-state index is 12.2. The summed E-state index contributed by atoms with van der Waals surface area (Å²) in [7, 11) is 0. The van der Waals surface area contributed by atoms with Crippen molar-refractivity contribution in [1.29, 1.82) is 0 Å². The number of carbonyl (C=O) groups excluding carboxylic acids is 1. The van der Waals surface area contributed by atoms with E-state index in [9.17, 15) is 14.9 Å². The van der Waals surface area contributed by atoms with Gasteiger partial charge >= 0.3 is 0 Å². The summed E-state index contributed by atoms with van der Waals surface area (Å²) in [6, 6.07) is 13.2. The molecular formula is C17H12ClN3O3S. The number of anilines is 1. The van der Waals surface area contributed by atoms with Crippen LogP contribution in [-0.2, 0) is 6.42 Å². The predicted molar refractivity (Wildman–Crippen MR) is 97.4 cm³/mol. The molecular weight excluding hydrogens is 362 g/mol. The Kier molecular flexibility index (Phi) is 5.06. The number of halogens is 1. The first kappa shape index (κ1) is 17.1. The zero-order valence-electron chi connectivity index (χ0n) is 12.8. The monoisotopic (exact) mass is 373 g/mol. The van der Waals surface area contributed by atoms with Gasteiger partial charge in [0.2, 0.25) is 0 Å². The van der Waals surface area contributed by atoms with Crippen LogP contribution in [0.1, 0.15) is 20.8 Å². The van der Waals surface area contributed by atoms with Gasteiger partial charge in [-0.1, -0.05) is 35.9 Å². The molecule has 0 aliphatic rings. The van der Waals surface area contributed by atoms with Gasteiger partial charge in [-0.15, -0.1) is 11.3 Å². The van der Waals surface area contributed by atoms with Crippen molar-refractivity contribution < 1.29 is 9.72 Å². The highest BCUT2D eigenvalue weighted by Crippen LogP contribution is 2.24. The summed E-state index contributed by atoms with van der Waals surface area (Å²) in [4.78, 5) is 27.7. The summed E-state index contributed by atoms with van der Waals surface area (Å²) >= 11 is 7.32. The second-order valence-corrected chi connectivity index (χ2v) is 6.69. The number of nitrogens with zero attached hydrogens (tertiary/aromatic N) is 2. The molecule has 8 heteroatoms. The number of thiazole rings is 1. The van der Waals surface area contributed by atoms with Gasteiger partial charge in [0.1, 0.15) is 0 Å². The Bertz CT molecular complexity index is 942. The molecule has 0 saturated carbocycles. The molecule has 0 radical (unpaired) electrons. The molecule has 1 N–H and O–H groups in total. The minimum atomic E-state index is -0.425. The topological polar surface area (TPSA) is 85.1 Å². The van der Waals surface area contributed by atoms with Crippen LogP contribution in [0.2, 0.25) is 5.02 Å². The molecule has 2 aromatic carbocycles. The summed E-state index contributed by atoms with van der Waals surface area (Å²) in [5, 5.41) is 14.4. The Hall–Kier alpha value is -2.77. The third-order valence-corrected chi connectivity index (χ3v) is 4.63. The molecule has 0 bridgehead atoms. The number of hydrogen-bond acceptors (Lipinski definition) is 5. The number of nitro benzene ring substituents is 1. The van der Waals surface area contributed by atoms with Crippen molar-refractivity contribution in [2.24, 2.45) is 0 Å². The summed E-state index contributed by atoms with van der Waals surface area (Å²) in [5.41, 5.74) is 1.23. The summed E-state index contributed by atoms with van der Waals surface area (Å²) in [5.74, 6) is -0.332. The van der Waals surface area contributed by atoms with E-state index in [0.29, 0.717) is 22.1 Å². The Balaban J connectivity index is 1.70. The number of carbonyl (C=O) groups is 1. The van der Waals surface area contributed by atoms with Crippen LogP contribution in [0, 0.1) is 10.1 Å². The highest BCUT2D eigenvalue weighted by Gasteiger charge is 2.13. The average Bonchev–Trinajstić information content (AvgIpc) is 3.02. The maximum absolute atomic E-state index is 12.2. The van der Waals surface area contributed by atoms with Crippen molar-refractivity contribution in [3.63, 3.8) is 0 Å². The van der Waals surface area contributed by atoms with E-state index in [2.05, 4.69) is 10.3 Å². The van der Waals surface area contributed by atoms with Crippen LogP contribution in [0.15, 0.2) is 54.7 Å². The van der Waals surface area contributed by atoms with Crippen LogP contribution in [0.3, 0.4) is 0 Å². The van der Waals surface area contributed by atoms with E-state index in [4.69, 9.17) is 11.6 Å². The first-order valence-electron chi connectivity index (χ1n) is 7.27. The molecule has 25 heavy (non-hydrogen) atoms. The minimum Gasteiger partial charge on any atom is -0.298 e. The Labute approximate surface area is 152 Å². The molecule has 0 aliphatic carbocycles. The zero-order valence-corrected chi connectivity index (χ0v) is 14.4. The van der Waals surface area contributed by atoms with Crippen LogP contribution in [0.5, 0.6) is 0 Å². The molecule has 0 atom stereocenters. The Morgan fingerprint density at radius 2 is 2.04 bits per heavy atom. The SMILES string of the molecule is O=C(Nc1ncc(Cc2cccc([N+](=O)[O-])c2)s1)c1ccccc1Cl. The standard InChI is InChI=1S/C17H12ClN3O3S/c18-15-7-2-1-6-14(15)16(22)20-17-19-10-13(25-17)9-11-4-3-5-12(8-11)21(23)24/h1-8,10H,9H2,(H,19,20,22). The minimum absolute atomic E-state index is 0.0502. The van der Waals surface area contributed by atoms with E-state index in [1.165, 1.54) is 23.5 Å². The van der Waals surface area contributed by atoms with Crippen molar-refractivity contribution in [1.82, 2.24) is 4.98 Å². The van der Waals surface area contributed by atoms with Crippen LogP contribution in [-0.4, -0.2) is 15.8 Å². The van der Waals surface area contributed by atoms with Crippen molar-refractivity contribution in [2.75, 3.05) is 5.32 Å². The summed E-state index contributed by atoms with van der Waals surface area (Å²) in [6.45, 7) is 0. The molecule has 1 amide bonds. The molecule has 1 heterocycles. The maximum Gasteiger partial charge on any atom is 0.269 e. The van der Waals surface area contributed by atoms with E-state index in [0.717, 1.165) is 10.4 Å². The lowest BCUT2D eigenvalue weighted by molar-refractivity contribution is -0.384. The van der Waals surface area contributed by atoms with Crippen molar-refractivity contribution in [2.45, 2.75) is 6.42 Å². The van der Waals surface area contributed by atoms with E-state index < -0.39 is 4.92 Å². The molecule has 0 spiro atoms. The molecule has 3 aromatic rings. The fourth-order valence-corrected chi connectivity index (χ4v) is 3.30. The van der Waals surface area contributed by atoms with Crippen molar-refractivity contribution >= 4 is 39.7 Å². The fraction of sp³-hybridized carbons (Fsp3) is 0.0588. The number of nitrogens with one attached hydrogen (secondary N) is 1. The highest BCUT2D eigenvalue weighted by molar-refractivity contribution is 7.15. The first-order chi connectivity index (χ1) is 12.0. The number of aromatic nitrogens is 1. The van der Waals surface area contributed by atoms with Crippen LogP contribution in [0.4, 0.5) is 10.8 Å². The van der Waals surface area contributed by atoms with Gasteiger partial charge in [-0.2, -0.15) is 0 Å². The number of non-ortho nitro benzene ring substituents is 1. The number of benzene rings is 2. The van der Waals surface area contributed by atoms with Gasteiger partial charge in [0.25, 0.3) is 11.6 Å². The zero-order chi connectivity index (χ0) is 17.8. The van der Waals surface area contributed by atoms with Crippen LogP contribution < -0.4 is 5.32 Å². The molecule has 0 unspecified atom stereocenters. The fourth-order valence-electron chi connectivity index (χ4n) is 2.24. The van der Waals surface area contributed by atoms with Gasteiger partial charge in [0, 0.05) is 29.6 Å². The highest BCUT2D eigenvalue weighted by atomic mass is 35.5. The van der Waals surface area contributed by atoms with Crippen molar-refractivity contribution in [3.05, 3.63) is 85.9 Å². The van der Waals surface area contributed by atoms with Crippen LogP contribution in [0.25, 0.3) is 0 Å². The van der Waals surface area contributed by atoms with Gasteiger partial charge < -0.3 is 0 Å². The third-order valence-electron chi connectivity index (χ3n) is 3.39. The molecule has 0 fully saturated rings. The van der Waals surface area contributed by atoms with E-state index in [1.54, 1.807) is 36.5 Å². The van der Waals surface area contributed by atoms with Crippen LogP contribution >= 0.6 is 22.9 Å². The predicted octanol–water partition coefficient (Wildman–Crippen LogP) is 4.55. The van der Waals surface area contributed by atoms with Gasteiger partial charge in [0.15, 0.2) is 5.13 Å². The second kappa shape index (κ2) is 7.42. The van der Waals surface area contributed by atoms with E-state index in [1.807, 2.05) is 6.07 Å². The number of rotatable bonds is 5. The molecule has 0 saturated heterocycles. The smallest absolute Gasteiger partial charge is 0.269 e.